The zero-order valence-corrected chi connectivity index (χ0v) is 11.0. The number of halogens is 3. The Morgan fingerprint density at radius 2 is 1.95 bits per heavy atom. The van der Waals surface area contributed by atoms with Crippen molar-refractivity contribution in [3.63, 3.8) is 0 Å². The zero-order chi connectivity index (χ0) is 15.7. The summed E-state index contributed by atoms with van der Waals surface area (Å²) >= 11 is 0. The number of aromatic nitrogens is 2. The summed E-state index contributed by atoms with van der Waals surface area (Å²) in [6.07, 6.45) is -3.20. The second-order valence-electron chi connectivity index (χ2n) is 4.46. The molecule has 0 aliphatic heterocycles. The third-order valence-corrected chi connectivity index (χ3v) is 2.99. The van der Waals surface area contributed by atoms with Crippen molar-refractivity contribution < 1.29 is 17.6 Å². The lowest BCUT2D eigenvalue weighted by molar-refractivity contribution is -0.141. The highest BCUT2D eigenvalue weighted by Crippen LogP contribution is 2.33. The Balaban J connectivity index is 2.21. The molecular formula is C15H8F3N3O. The molecule has 0 aliphatic rings. The molecule has 2 heterocycles. The average molecular weight is 303 g/mol. The van der Waals surface area contributed by atoms with E-state index >= 15 is 0 Å². The Hall–Kier alpha value is -3.01. The molecule has 22 heavy (non-hydrogen) atoms. The van der Waals surface area contributed by atoms with Gasteiger partial charge >= 0.3 is 6.18 Å². The molecule has 0 N–H and O–H groups in total. The first kappa shape index (κ1) is 13.9. The second kappa shape index (κ2) is 5.07. The Bertz CT molecular complexity index is 842. The van der Waals surface area contributed by atoms with Crippen LogP contribution in [-0.4, -0.2) is 9.78 Å². The van der Waals surface area contributed by atoms with E-state index < -0.39 is 11.9 Å². The van der Waals surface area contributed by atoms with E-state index in [1.54, 1.807) is 30.3 Å². The number of hydrogen-bond acceptors (Lipinski definition) is 3. The Kier molecular flexibility index (Phi) is 3.22. The van der Waals surface area contributed by atoms with Crippen LogP contribution in [0, 0.1) is 11.3 Å². The van der Waals surface area contributed by atoms with Crippen molar-refractivity contribution in [1.82, 2.24) is 9.78 Å². The fourth-order valence-corrected chi connectivity index (χ4v) is 2.02. The topological polar surface area (TPSA) is 54.8 Å². The van der Waals surface area contributed by atoms with Gasteiger partial charge in [0.15, 0.2) is 11.5 Å². The fraction of sp³-hybridized carbons (Fsp3) is 0.0667. The highest BCUT2D eigenvalue weighted by atomic mass is 19.4. The molecule has 0 aliphatic carbocycles. The van der Waals surface area contributed by atoms with E-state index in [1.807, 2.05) is 6.07 Å². The molecule has 0 amide bonds. The molecule has 0 saturated carbocycles. The minimum absolute atomic E-state index is 0.160. The number of rotatable bonds is 2. The summed E-state index contributed by atoms with van der Waals surface area (Å²) in [5.74, 6) is 0.255. The van der Waals surface area contributed by atoms with Crippen LogP contribution in [0.15, 0.2) is 53.1 Å². The first-order valence-corrected chi connectivity index (χ1v) is 6.21. The number of nitriles is 1. The molecule has 3 aromatic rings. The minimum atomic E-state index is -4.57. The first-order chi connectivity index (χ1) is 10.5. The lowest BCUT2D eigenvalue weighted by Crippen LogP contribution is -2.07. The summed E-state index contributed by atoms with van der Waals surface area (Å²) in [5, 5.41) is 12.5. The molecule has 0 bridgehead atoms. The molecule has 0 atom stereocenters. The maximum Gasteiger partial charge on any atom is 0.435 e. The summed E-state index contributed by atoms with van der Waals surface area (Å²) in [4.78, 5) is 0. The molecule has 2 aromatic heterocycles. The molecular weight excluding hydrogens is 295 g/mol. The highest BCUT2D eigenvalue weighted by molar-refractivity contribution is 5.58. The van der Waals surface area contributed by atoms with E-state index in [-0.39, 0.29) is 11.5 Å². The molecule has 4 nitrogen and oxygen atoms in total. The van der Waals surface area contributed by atoms with Crippen LogP contribution in [0.1, 0.15) is 11.3 Å². The summed E-state index contributed by atoms with van der Waals surface area (Å²) < 4.78 is 45.1. The number of nitrogens with zero attached hydrogens (tertiary/aromatic N) is 3. The molecule has 7 heteroatoms. The summed E-state index contributed by atoms with van der Waals surface area (Å²) in [5.41, 5.74) is -0.193. The molecule has 0 unspecified atom stereocenters. The van der Waals surface area contributed by atoms with Crippen molar-refractivity contribution in [1.29, 1.82) is 5.26 Å². The van der Waals surface area contributed by atoms with Gasteiger partial charge in [-0.2, -0.15) is 23.5 Å². The van der Waals surface area contributed by atoms with E-state index in [0.29, 0.717) is 11.3 Å². The van der Waals surface area contributed by atoms with Crippen LogP contribution in [0.4, 0.5) is 13.2 Å². The van der Waals surface area contributed by atoms with Gasteiger partial charge in [-0.25, -0.2) is 4.68 Å². The van der Waals surface area contributed by atoms with Crippen molar-refractivity contribution >= 4 is 0 Å². The lowest BCUT2D eigenvalue weighted by atomic mass is 10.2. The monoisotopic (exact) mass is 303 g/mol. The Morgan fingerprint density at radius 3 is 2.59 bits per heavy atom. The first-order valence-electron chi connectivity index (χ1n) is 6.21. The molecule has 3 rings (SSSR count). The number of furan rings is 1. The van der Waals surface area contributed by atoms with Gasteiger partial charge in [0.1, 0.15) is 5.69 Å². The van der Waals surface area contributed by atoms with Crippen LogP contribution in [0.5, 0.6) is 0 Å². The maximum absolute atomic E-state index is 12.9. The van der Waals surface area contributed by atoms with Crippen LogP contribution in [0.25, 0.3) is 17.1 Å². The molecule has 110 valence electrons. The van der Waals surface area contributed by atoms with E-state index in [1.165, 1.54) is 12.3 Å². The van der Waals surface area contributed by atoms with Crippen LogP contribution < -0.4 is 0 Å². The van der Waals surface area contributed by atoms with Gasteiger partial charge in [0.2, 0.25) is 0 Å². The van der Waals surface area contributed by atoms with Gasteiger partial charge in [0.05, 0.1) is 23.6 Å². The van der Waals surface area contributed by atoms with E-state index in [4.69, 9.17) is 9.68 Å². The minimum Gasteiger partial charge on any atom is -0.463 e. The van der Waals surface area contributed by atoms with Crippen LogP contribution >= 0.6 is 0 Å². The maximum atomic E-state index is 12.9. The van der Waals surface area contributed by atoms with Gasteiger partial charge in [-0.05, 0) is 30.3 Å². The predicted octanol–water partition coefficient (Wildman–Crippen LogP) is 4.02. The Morgan fingerprint density at radius 1 is 1.14 bits per heavy atom. The molecule has 0 radical (unpaired) electrons. The van der Waals surface area contributed by atoms with Crippen molar-refractivity contribution in [3.8, 4) is 23.2 Å². The summed E-state index contributed by atoms with van der Waals surface area (Å²) in [6, 6.07) is 12.1. The van der Waals surface area contributed by atoms with Gasteiger partial charge in [-0.3, -0.25) is 0 Å². The normalized spacial score (nSPS) is 11.4. The quantitative estimate of drug-likeness (QED) is 0.718. The van der Waals surface area contributed by atoms with Gasteiger partial charge in [0.25, 0.3) is 0 Å². The lowest BCUT2D eigenvalue weighted by Gasteiger charge is -2.06. The van der Waals surface area contributed by atoms with Gasteiger partial charge in [-0.15, -0.1) is 0 Å². The van der Waals surface area contributed by atoms with E-state index in [2.05, 4.69) is 5.10 Å². The predicted molar refractivity (Wildman–Crippen MR) is 71.0 cm³/mol. The standard InChI is InChI=1S/C15H8F3N3O/c16-15(17,18)14-8-12(13-5-2-6-22-13)21(20-14)11-4-1-3-10(7-11)9-19/h1-8H. The van der Waals surface area contributed by atoms with Crippen LogP contribution in [0.3, 0.4) is 0 Å². The summed E-state index contributed by atoms with van der Waals surface area (Å²) in [7, 11) is 0. The molecule has 0 spiro atoms. The van der Waals surface area contributed by atoms with E-state index in [0.717, 1.165) is 10.7 Å². The number of hydrogen-bond donors (Lipinski definition) is 0. The smallest absolute Gasteiger partial charge is 0.435 e. The third-order valence-electron chi connectivity index (χ3n) is 2.99. The van der Waals surface area contributed by atoms with Crippen molar-refractivity contribution in [3.05, 3.63) is 60.0 Å². The average Bonchev–Trinajstić information content (AvgIpc) is 3.15. The number of benzene rings is 1. The van der Waals surface area contributed by atoms with Crippen molar-refractivity contribution in [2.45, 2.75) is 6.18 Å². The SMILES string of the molecule is N#Cc1cccc(-n2nc(C(F)(F)F)cc2-c2ccco2)c1. The van der Waals surface area contributed by atoms with Crippen LogP contribution in [0.2, 0.25) is 0 Å². The van der Waals surface area contributed by atoms with Crippen molar-refractivity contribution in [2.75, 3.05) is 0 Å². The summed E-state index contributed by atoms with van der Waals surface area (Å²) in [6.45, 7) is 0. The molecule has 1 aromatic carbocycles. The largest absolute Gasteiger partial charge is 0.463 e. The van der Waals surface area contributed by atoms with E-state index in [9.17, 15) is 13.2 Å². The molecule has 0 saturated heterocycles. The van der Waals surface area contributed by atoms with Crippen molar-refractivity contribution in [2.24, 2.45) is 0 Å². The second-order valence-corrected chi connectivity index (χ2v) is 4.46. The zero-order valence-electron chi connectivity index (χ0n) is 11.0. The van der Waals surface area contributed by atoms with Gasteiger partial charge in [-0.1, -0.05) is 6.07 Å². The fourth-order valence-electron chi connectivity index (χ4n) is 2.02. The number of alkyl halides is 3. The van der Waals surface area contributed by atoms with Gasteiger partial charge < -0.3 is 4.42 Å². The third kappa shape index (κ3) is 2.46. The van der Waals surface area contributed by atoms with Gasteiger partial charge in [0, 0.05) is 6.07 Å². The van der Waals surface area contributed by atoms with Crippen LogP contribution in [-0.2, 0) is 6.18 Å². The molecule has 0 fully saturated rings. The highest BCUT2D eigenvalue weighted by Gasteiger charge is 2.35. The Labute approximate surface area is 123 Å².